The fourth-order valence-corrected chi connectivity index (χ4v) is 3.53. The molecule has 0 saturated carbocycles. The van der Waals surface area contributed by atoms with Crippen molar-refractivity contribution in [2.45, 2.75) is 40.7 Å². The summed E-state index contributed by atoms with van der Waals surface area (Å²) in [6.45, 7) is 11.9. The molecule has 0 radical (unpaired) electrons. The van der Waals surface area contributed by atoms with Crippen molar-refractivity contribution in [3.8, 4) is 0 Å². The number of nitrogens with zero attached hydrogens (tertiary/aromatic N) is 4. The first kappa shape index (κ1) is 20.2. The molecular formula is C19H30N6S. The maximum absolute atomic E-state index is 4.57. The number of aryl methyl sites for hydroxylation is 2. The molecule has 0 fully saturated rings. The maximum atomic E-state index is 4.57. The molecule has 0 aliphatic heterocycles. The molecule has 0 bridgehead atoms. The van der Waals surface area contributed by atoms with E-state index in [1.54, 1.807) is 18.4 Å². The number of aromatic nitrogens is 2. The van der Waals surface area contributed by atoms with Crippen molar-refractivity contribution >= 4 is 23.1 Å². The van der Waals surface area contributed by atoms with Gasteiger partial charge in [0.1, 0.15) is 5.82 Å². The quantitative estimate of drug-likeness (QED) is 0.549. The van der Waals surface area contributed by atoms with Gasteiger partial charge in [-0.25, -0.2) is 9.97 Å². The molecule has 26 heavy (non-hydrogen) atoms. The average Bonchev–Trinajstić information content (AvgIpc) is 2.97. The van der Waals surface area contributed by atoms with E-state index in [1.807, 2.05) is 6.20 Å². The summed E-state index contributed by atoms with van der Waals surface area (Å²) in [6.07, 6.45) is 2.83. The third-order valence-corrected chi connectivity index (χ3v) is 5.42. The Hall–Kier alpha value is -2.15. The normalized spacial score (nSPS) is 11.5. The molecule has 142 valence electrons. The second-order valence-corrected chi connectivity index (χ2v) is 7.34. The Kier molecular flexibility index (Phi) is 7.84. The molecule has 2 rings (SSSR count). The number of anilines is 1. The van der Waals surface area contributed by atoms with Gasteiger partial charge in [0.25, 0.3) is 0 Å². The van der Waals surface area contributed by atoms with Gasteiger partial charge in [-0.2, -0.15) is 0 Å². The lowest BCUT2D eigenvalue weighted by Gasteiger charge is -2.19. The Labute approximate surface area is 160 Å². The summed E-state index contributed by atoms with van der Waals surface area (Å²) in [5.74, 6) is 1.82. The molecule has 6 nitrogen and oxygen atoms in total. The van der Waals surface area contributed by atoms with Crippen molar-refractivity contribution in [1.29, 1.82) is 0 Å². The largest absolute Gasteiger partial charge is 0.357 e. The molecule has 0 saturated heterocycles. The number of hydrogen-bond acceptors (Lipinski definition) is 5. The predicted molar refractivity (Wildman–Crippen MR) is 111 cm³/mol. The van der Waals surface area contributed by atoms with Crippen LogP contribution in [0.2, 0.25) is 0 Å². The zero-order valence-corrected chi connectivity index (χ0v) is 17.3. The smallest absolute Gasteiger partial charge is 0.191 e. The van der Waals surface area contributed by atoms with Crippen LogP contribution in [0.3, 0.4) is 0 Å². The summed E-state index contributed by atoms with van der Waals surface area (Å²) in [7, 11) is 1.79. The Morgan fingerprint density at radius 2 is 1.96 bits per heavy atom. The lowest BCUT2D eigenvalue weighted by Crippen LogP contribution is -2.37. The summed E-state index contributed by atoms with van der Waals surface area (Å²) < 4.78 is 0. The van der Waals surface area contributed by atoms with Gasteiger partial charge in [0.05, 0.1) is 10.7 Å². The van der Waals surface area contributed by atoms with Gasteiger partial charge < -0.3 is 15.5 Å². The van der Waals surface area contributed by atoms with Crippen molar-refractivity contribution in [3.05, 3.63) is 39.5 Å². The van der Waals surface area contributed by atoms with Gasteiger partial charge in [-0.05, 0) is 39.3 Å². The molecule has 2 N–H and O–H groups in total. The molecule has 7 heteroatoms. The van der Waals surface area contributed by atoms with Crippen LogP contribution >= 0.6 is 11.3 Å². The number of aliphatic imine (C=N–C) groups is 1. The van der Waals surface area contributed by atoms with Gasteiger partial charge in [0, 0.05) is 50.7 Å². The second-order valence-electron chi connectivity index (χ2n) is 6.05. The minimum absolute atomic E-state index is 0.695. The van der Waals surface area contributed by atoms with E-state index in [9.17, 15) is 0 Å². The molecule has 0 amide bonds. The standard InChI is InChI=1S/C19H30N6S/c1-6-25(7-2)17-9-8-16(12-22-17)13-23-19(20-5)21-11-10-18-24-14(3)15(4)26-18/h8-9,12H,6-7,10-11,13H2,1-5H3,(H2,20,21,23). The molecule has 0 spiro atoms. The average molecular weight is 375 g/mol. The van der Waals surface area contributed by atoms with Crippen LogP contribution in [0.5, 0.6) is 0 Å². The van der Waals surface area contributed by atoms with E-state index in [4.69, 9.17) is 0 Å². The van der Waals surface area contributed by atoms with Crippen molar-refractivity contribution in [2.24, 2.45) is 4.99 Å². The topological polar surface area (TPSA) is 65.4 Å². The summed E-state index contributed by atoms with van der Waals surface area (Å²) in [6, 6.07) is 4.19. The Bertz CT molecular complexity index is 684. The zero-order chi connectivity index (χ0) is 18.9. The number of nitrogens with one attached hydrogen (secondary N) is 2. The molecular weight excluding hydrogens is 344 g/mol. The van der Waals surface area contributed by atoms with Crippen molar-refractivity contribution in [2.75, 3.05) is 31.6 Å². The molecule has 0 atom stereocenters. The van der Waals surface area contributed by atoms with E-state index < -0.39 is 0 Å². The highest BCUT2D eigenvalue weighted by Crippen LogP contribution is 2.16. The molecule has 2 aromatic rings. The zero-order valence-electron chi connectivity index (χ0n) is 16.5. The molecule has 0 unspecified atom stereocenters. The highest BCUT2D eigenvalue weighted by Gasteiger charge is 2.05. The number of pyridine rings is 1. The van der Waals surface area contributed by atoms with Crippen molar-refractivity contribution in [1.82, 2.24) is 20.6 Å². The van der Waals surface area contributed by atoms with E-state index in [-0.39, 0.29) is 0 Å². The van der Waals surface area contributed by atoms with Gasteiger partial charge in [-0.15, -0.1) is 11.3 Å². The third kappa shape index (κ3) is 5.69. The Morgan fingerprint density at radius 3 is 2.50 bits per heavy atom. The fraction of sp³-hybridized carbons (Fsp3) is 0.526. The summed E-state index contributed by atoms with van der Waals surface area (Å²) >= 11 is 1.77. The summed E-state index contributed by atoms with van der Waals surface area (Å²) in [5.41, 5.74) is 2.27. The number of thiazole rings is 1. The SMILES string of the molecule is CCN(CC)c1ccc(CNC(=NC)NCCc2nc(C)c(C)s2)cn1. The van der Waals surface area contributed by atoms with E-state index in [1.165, 1.54) is 9.88 Å². The van der Waals surface area contributed by atoms with Crippen molar-refractivity contribution < 1.29 is 0 Å². The van der Waals surface area contributed by atoms with Gasteiger partial charge in [-0.1, -0.05) is 6.07 Å². The summed E-state index contributed by atoms with van der Waals surface area (Å²) in [5, 5.41) is 7.84. The number of guanidine groups is 1. The van der Waals surface area contributed by atoms with Crippen LogP contribution in [0.4, 0.5) is 5.82 Å². The van der Waals surface area contributed by atoms with E-state index >= 15 is 0 Å². The first-order valence-corrected chi connectivity index (χ1v) is 9.96. The maximum Gasteiger partial charge on any atom is 0.191 e. The van der Waals surface area contributed by atoms with Crippen molar-refractivity contribution in [3.63, 3.8) is 0 Å². The highest BCUT2D eigenvalue weighted by molar-refractivity contribution is 7.11. The van der Waals surface area contributed by atoms with Crippen LogP contribution < -0.4 is 15.5 Å². The van der Waals surface area contributed by atoms with Crippen LogP contribution in [0, 0.1) is 13.8 Å². The van der Waals surface area contributed by atoms with Gasteiger partial charge in [0.15, 0.2) is 5.96 Å². The van der Waals surface area contributed by atoms with Crippen LogP contribution in [-0.2, 0) is 13.0 Å². The molecule has 2 heterocycles. The van der Waals surface area contributed by atoms with Gasteiger partial charge in [0.2, 0.25) is 0 Å². The van der Waals surface area contributed by atoms with Gasteiger partial charge >= 0.3 is 0 Å². The fourth-order valence-electron chi connectivity index (χ4n) is 2.60. The molecule has 0 aromatic carbocycles. The van der Waals surface area contributed by atoms with E-state index in [0.29, 0.717) is 6.54 Å². The second kappa shape index (κ2) is 10.1. The van der Waals surface area contributed by atoms with Crippen LogP contribution in [0.1, 0.15) is 35.0 Å². The van der Waals surface area contributed by atoms with Crippen LogP contribution in [0.25, 0.3) is 0 Å². The molecule has 0 aliphatic carbocycles. The lowest BCUT2D eigenvalue weighted by atomic mass is 10.2. The van der Waals surface area contributed by atoms with Crippen LogP contribution in [0.15, 0.2) is 23.3 Å². The third-order valence-electron chi connectivity index (χ3n) is 4.28. The predicted octanol–water partition coefficient (Wildman–Crippen LogP) is 2.91. The minimum Gasteiger partial charge on any atom is -0.357 e. The first-order valence-electron chi connectivity index (χ1n) is 9.14. The van der Waals surface area contributed by atoms with Crippen LogP contribution in [-0.4, -0.2) is 42.6 Å². The van der Waals surface area contributed by atoms with Gasteiger partial charge in [-0.3, -0.25) is 4.99 Å². The molecule has 0 aliphatic rings. The highest BCUT2D eigenvalue weighted by atomic mass is 32.1. The first-order chi connectivity index (χ1) is 12.6. The van der Waals surface area contributed by atoms with E-state index in [0.717, 1.165) is 49.1 Å². The molecule has 2 aromatic heterocycles. The monoisotopic (exact) mass is 374 g/mol. The minimum atomic E-state index is 0.695. The van der Waals surface area contributed by atoms with E-state index in [2.05, 4.69) is 70.3 Å². The number of rotatable bonds is 8. The lowest BCUT2D eigenvalue weighted by molar-refractivity contribution is 0.787. The Morgan fingerprint density at radius 1 is 1.19 bits per heavy atom. The number of hydrogen-bond donors (Lipinski definition) is 2. The Balaban J connectivity index is 1.79. The summed E-state index contributed by atoms with van der Waals surface area (Å²) in [4.78, 5) is 16.9.